The number of esters is 2. The van der Waals surface area contributed by atoms with Crippen LogP contribution in [0.2, 0.25) is 0 Å². The Kier molecular flexibility index (Phi) is 30.0. The van der Waals surface area contributed by atoms with Crippen LogP contribution < -0.4 is 0 Å². The Morgan fingerprint density at radius 2 is 1.02 bits per heavy atom. The fraction of sp³-hybridized carbons (Fsp3) is 0.824. The van der Waals surface area contributed by atoms with E-state index in [2.05, 4.69) is 31.2 Å². The lowest BCUT2D eigenvalue weighted by Crippen LogP contribution is -2.28. The highest BCUT2D eigenvalue weighted by Gasteiger charge is 2.27. The van der Waals surface area contributed by atoms with Gasteiger partial charge < -0.3 is 24.6 Å². The standard InChI is InChI=1S/C34H63O10P/c1-3-5-6-7-8-9-10-11-12-13-14-15-16-17-18-19-20-21-22-23-24-26-34(38)44-32(28-36)30-42-45(39,40)41-29-31(27-35)43-33(37)25-4-2/h10-11,13-14,31-32,35-36H,3-9,12,15-30H2,1-2H3,(H,39,40)/b11-10-,14-13-. The van der Waals surface area contributed by atoms with Crippen LogP contribution in [0.3, 0.4) is 0 Å². The molecular weight excluding hydrogens is 599 g/mol. The summed E-state index contributed by atoms with van der Waals surface area (Å²) in [5.41, 5.74) is 0. The number of rotatable bonds is 32. The Morgan fingerprint density at radius 3 is 1.47 bits per heavy atom. The molecule has 0 fully saturated rings. The Morgan fingerprint density at radius 1 is 0.600 bits per heavy atom. The topological polar surface area (TPSA) is 149 Å². The minimum atomic E-state index is -4.60. The van der Waals surface area contributed by atoms with Gasteiger partial charge in [0.1, 0.15) is 12.2 Å². The molecule has 3 N–H and O–H groups in total. The lowest BCUT2D eigenvalue weighted by atomic mass is 10.1. The molecular formula is C34H63O10P. The van der Waals surface area contributed by atoms with E-state index in [1.807, 2.05) is 0 Å². The van der Waals surface area contributed by atoms with Gasteiger partial charge in [-0.25, -0.2) is 4.57 Å². The fourth-order valence-electron chi connectivity index (χ4n) is 4.48. The van der Waals surface area contributed by atoms with Gasteiger partial charge in [0.05, 0.1) is 26.4 Å². The maximum Gasteiger partial charge on any atom is 0.472 e. The van der Waals surface area contributed by atoms with E-state index in [0.29, 0.717) is 12.8 Å². The number of hydrogen-bond acceptors (Lipinski definition) is 9. The minimum absolute atomic E-state index is 0.143. The summed E-state index contributed by atoms with van der Waals surface area (Å²) in [6.45, 7) is 1.74. The fourth-order valence-corrected chi connectivity index (χ4v) is 5.26. The number of aliphatic hydroxyl groups is 2. The second kappa shape index (κ2) is 31.1. The van der Waals surface area contributed by atoms with E-state index in [9.17, 15) is 29.3 Å². The molecule has 0 rings (SSSR count). The van der Waals surface area contributed by atoms with Crippen LogP contribution in [0.15, 0.2) is 24.3 Å². The highest BCUT2D eigenvalue weighted by molar-refractivity contribution is 7.47. The van der Waals surface area contributed by atoms with E-state index in [1.54, 1.807) is 6.92 Å². The van der Waals surface area contributed by atoms with E-state index in [4.69, 9.17) is 18.5 Å². The van der Waals surface area contributed by atoms with Gasteiger partial charge in [-0.15, -0.1) is 0 Å². The van der Waals surface area contributed by atoms with Gasteiger partial charge in [0, 0.05) is 12.8 Å². The van der Waals surface area contributed by atoms with E-state index in [0.717, 1.165) is 32.1 Å². The molecule has 0 saturated carbocycles. The molecule has 3 atom stereocenters. The minimum Gasteiger partial charge on any atom is -0.457 e. The first kappa shape index (κ1) is 43.5. The summed E-state index contributed by atoms with van der Waals surface area (Å²) in [5.74, 6) is -1.08. The summed E-state index contributed by atoms with van der Waals surface area (Å²) in [6.07, 6.45) is 27.8. The lowest BCUT2D eigenvalue weighted by Gasteiger charge is -2.20. The molecule has 0 aromatic rings. The van der Waals surface area contributed by atoms with Crippen molar-refractivity contribution in [1.82, 2.24) is 0 Å². The number of phosphoric ester groups is 1. The maximum atomic E-state index is 12.1. The Balaban J connectivity index is 3.78. The van der Waals surface area contributed by atoms with Crippen LogP contribution in [-0.2, 0) is 32.7 Å². The summed E-state index contributed by atoms with van der Waals surface area (Å²) in [4.78, 5) is 33.5. The smallest absolute Gasteiger partial charge is 0.457 e. The number of ether oxygens (including phenoxy) is 2. The highest BCUT2D eigenvalue weighted by atomic mass is 31.2. The van der Waals surface area contributed by atoms with Crippen LogP contribution in [0.4, 0.5) is 0 Å². The molecule has 10 nitrogen and oxygen atoms in total. The first-order valence-corrected chi connectivity index (χ1v) is 18.8. The van der Waals surface area contributed by atoms with Crippen molar-refractivity contribution in [2.24, 2.45) is 0 Å². The third-order valence-electron chi connectivity index (χ3n) is 7.14. The summed E-state index contributed by atoms with van der Waals surface area (Å²) < 4.78 is 31.7. The zero-order valence-corrected chi connectivity index (χ0v) is 29.0. The van der Waals surface area contributed by atoms with Crippen LogP contribution in [0, 0.1) is 0 Å². The lowest BCUT2D eigenvalue weighted by molar-refractivity contribution is -0.153. The second-order valence-corrected chi connectivity index (χ2v) is 13.0. The first-order valence-electron chi connectivity index (χ1n) is 17.3. The molecule has 0 bridgehead atoms. The van der Waals surface area contributed by atoms with Crippen molar-refractivity contribution in [2.75, 3.05) is 26.4 Å². The van der Waals surface area contributed by atoms with Gasteiger partial charge in [0.2, 0.25) is 0 Å². The molecule has 0 radical (unpaired) electrons. The number of phosphoric acid groups is 1. The van der Waals surface area contributed by atoms with E-state index < -0.39 is 58.4 Å². The molecule has 0 amide bonds. The van der Waals surface area contributed by atoms with Crippen molar-refractivity contribution >= 4 is 19.8 Å². The summed E-state index contributed by atoms with van der Waals surface area (Å²) in [6, 6.07) is 0. The van der Waals surface area contributed by atoms with Gasteiger partial charge in [-0.3, -0.25) is 18.6 Å². The number of unbranched alkanes of at least 4 members (excludes halogenated alkanes) is 14. The number of carbonyl (C=O) groups is 2. The number of carbonyl (C=O) groups excluding carboxylic acids is 2. The third-order valence-corrected chi connectivity index (χ3v) is 8.09. The Hall–Kier alpha value is -1.55. The zero-order valence-electron chi connectivity index (χ0n) is 28.1. The molecule has 0 saturated heterocycles. The van der Waals surface area contributed by atoms with Gasteiger partial charge in [-0.1, -0.05) is 109 Å². The number of aliphatic hydroxyl groups excluding tert-OH is 2. The average Bonchev–Trinajstić information content (AvgIpc) is 3.02. The van der Waals surface area contributed by atoms with Crippen molar-refractivity contribution in [3.63, 3.8) is 0 Å². The molecule has 0 spiro atoms. The molecule has 264 valence electrons. The monoisotopic (exact) mass is 662 g/mol. The molecule has 3 unspecified atom stereocenters. The van der Waals surface area contributed by atoms with Crippen molar-refractivity contribution in [1.29, 1.82) is 0 Å². The van der Waals surface area contributed by atoms with Crippen molar-refractivity contribution in [3.05, 3.63) is 24.3 Å². The third kappa shape index (κ3) is 29.6. The van der Waals surface area contributed by atoms with Crippen LogP contribution in [0.1, 0.15) is 142 Å². The molecule has 0 aliphatic carbocycles. The number of allylic oxidation sites excluding steroid dienone is 4. The van der Waals surface area contributed by atoms with Crippen LogP contribution in [0.5, 0.6) is 0 Å². The van der Waals surface area contributed by atoms with Crippen LogP contribution in [0.25, 0.3) is 0 Å². The SMILES string of the molecule is CCCCCCC/C=C\C/C=C\CCCCCCCCCCCC(=O)OC(CO)COP(=O)(O)OCC(CO)OC(=O)CCC. The molecule has 0 aliphatic heterocycles. The van der Waals surface area contributed by atoms with Crippen molar-refractivity contribution in [2.45, 2.75) is 154 Å². The predicted octanol–water partition coefficient (Wildman–Crippen LogP) is 7.88. The van der Waals surface area contributed by atoms with Gasteiger partial charge >= 0.3 is 19.8 Å². The van der Waals surface area contributed by atoms with E-state index in [1.165, 1.54) is 70.6 Å². The van der Waals surface area contributed by atoms with Crippen molar-refractivity contribution < 1.29 is 47.8 Å². The van der Waals surface area contributed by atoms with Gasteiger partial charge in [-0.05, 0) is 44.9 Å². The average molecular weight is 663 g/mol. The van der Waals surface area contributed by atoms with Crippen LogP contribution >= 0.6 is 7.82 Å². The molecule has 11 heteroatoms. The molecule has 0 aromatic heterocycles. The summed E-state index contributed by atoms with van der Waals surface area (Å²) >= 11 is 0. The van der Waals surface area contributed by atoms with E-state index >= 15 is 0 Å². The van der Waals surface area contributed by atoms with E-state index in [-0.39, 0.29) is 12.8 Å². The second-order valence-electron chi connectivity index (χ2n) is 11.5. The van der Waals surface area contributed by atoms with Gasteiger partial charge in [0.15, 0.2) is 0 Å². The Labute approximate surface area is 272 Å². The van der Waals surface area contributed by atoms with Crippen molar-refractivity contribution in [3.8, 4) is 0 Å². The molecule has 0 heterocycles. The summed E-state index contributed by atoms with van der Waals surface area (Å²) in [7, 11) is -4.60. The van der Waals surface area contributed by atoms with Gasteiger partial charge in [0.25, 0.3) is 0 Å². The first-order chi connectivity index (χ1) is 21.8. The predicted molar refractivity (Wildman–Crippen MR) is 178 cm³/mol. The Bertz CT molecular complexity index is 817. The highest BCUT2D eigenvalue weighted by Crippen LogP contribution is 2.43. The largest absolute Gasteiger partial charge is 0.472 e. The van der Waals surface area contributed by atoms with Gasteiger partial charge in [-0.2, -0.15) is 0 Å². The molecule has 0 aromatic carbocycles. The normalized spacial score (nSPS) is 14.5. The molecule has 45 heavy (non-hydrogen) atoms. The quantitative estimate of drug-likeness (QED) is 0.0281. The molecule has 0 aliphatic rings. The summed E-state index contributed by atoms with van der Waals surface area (Å²) in [5, 5.41) is 18.7. The zero-order chi connectivity index (χ0) is 33.4. The maximum absolute atomic E-state index is 12.1. The number of hydrogen-bond donors (Lipinski definition) is 3. The van der Waals surface area contributed by atoms with Crippen LogP contribution in [-0.4, -0.2) is 65.7 Å².